The summed E-state index contributed by atoms with van der Waals surface area (Å²) in [6, 6.07) is 0. The minimum atomic E-state index is -1.08. The summed E-state index contributed by atoms with van der Waals surface area (Å²) in [6.07, 6.45) is 13.6. The Morgan fingerprint density at radius 3 is 1.33 bits per heavy atom. The van der Waals surface area contributed by atoms with E-state index < -0.39 is 11.9 Å². The summed E-state index contributed by atoms with van der Waals surface area (Å²) in [5, 5.41) is 15.8. The number of unbranched alkanes of at least 4 members (excludes halogenated alkanes) is 9. The highest BCUT2D eigenvalue weighted by atomic mass is 32.1. The predicted octanol–water partition coefficient (Wildman–Crippen LogP) is 4.77. The number of thiol groups is 1. The van der Waals surface area contributed by atoms with Crippen LogP contribution in [0.5, 0.6) is 0 Å². The molecule has 0 aliphatic heterocycles. The largest absolute Gasteiger partial charge is 0.481 e. The fraction of sp³-hybridized carbons (Fsp3) is 0.875. The summed E-state index contributed by atoms with van der Waals surface area (Å²) < 4.78 is 0. The van der Waals surface area contributed by atoms with Crippen LogP contribution in [0.3, 0.4) is 0 Å². The lowest BCUT2D eigenvalue weighted by Gasteiger charge is -2.00. The van der Waals surface area contributed by atoms with E-state index in [0.717, 1.165) is 5.75 Å². The van der Waals surface area contributed by atoms with Crippen LogP contribution in [0.15, 0.2) is 0 Å². The van der Waals surface area contributed by atoms with Crippen LogP contribution < -0.4 is 0 Å². The van der Waals surface area contributed by atoms with Crippen LogP contribution >= 0.6 is 12.6 Å². The molecule has 0 aliphatic rings. The number of rotatable bonds is 13. The molecule has 0 aromatic heterocycles. The molecular formula is C16H32O4S. The van der Waals surface area contributed by atoms with E-state index in [9.17, 15) is 9.59 Å². The number of carboxylic acid groups (broad SMARTS) is 2. The summed E-state index contributed by atoms with van der Waals surface area (Å²) in [5.41, 5.74) is 0. The lowest BCUT2D eigenvalue weighted by Crippen LogP contribution is -2.00. The molecule has 126 valence electrons. The maximum absolute atomic E-state index is 9.64. The zero-order valence-electron chi connectivity index (χ0n) is 13.4. The van der Waals surface area contributed by atoms with Crippen molar-refractivity contribution in [3.05, 3.63) is 0 Å². The second kappa shape index (κ2) is 19.3. The molecule has 2 N–H and O–H groups in total. The second-order valence-electron chi connectivity index (χ2n) is 5.19. The zero-order chi connectivity index (χ0) is 16.3. The molecule has 0 aromatic rings. The first kappa shape index (κ1) is 22.6. The van der Waals surface area contributed by atoms with Crippen LogP contribution in [0.4, 0.5) is 0 Å². The first-order valence-corrected chi connectivity index (χ1v) is 8.72. The van der Waals surface area contributed by atoms with Gasteiger partial charge in [-0.05, 0) is 12.2 Å². The van der Waals surface area contributed by atoms with Crippen molar-refractivity contribution in [2.45, 2.75) is 84.0 Å². The first-order chi connectivity index (χ1) is 10.0. The maximum Gasteiger partial charge on any atom is 0.303 e. The average Bonchev–Trinajstić information content (AvgIpc) is 2.44. The molecule has 0 saturated heterocycles. The molecule has 0 radical (unpaired) electrons. The SMILES string of the molecule is CCCCCCCCCCCCS.O=C(O)CCC(=O)O. The molecule has 0 saturated carbocycles. The van der Waals surface area contributed by atoms with E-state index in [0.29, 0.717) is 0 Å². The smallest absolute Gasteiger partial charge is 0.303 e. The molecule has 0 heterocycles. The Labute approximate surface area is 134 Å². The average molecular weight is 320 g/mol. The van der Waals surface area contributed by atoms with E-state index in [1.165, 1.54) is 64.2 Å². The molecule has 0 atom stereocenters. The molecule has 4 nitrogen and oxygen atoms in total. The van der Waals surface area contributed by atoms with Crippen molar-refractivity contribution < 1.29 is 19.8 Å². The summed E-state index contributed by atoms with van der Waals surface area (Å²) in [5.74, 6) is -1.09. The van der Waals surface area contributed by atoms with Gasteiger partial charge in [0.15, 0.2) is 0 Å². The van der Waals surface area contributed by atoms with Crippen LogP contribution in [0.2, 0.25) is 0 Å². The Morgan fingerprint density at radius 1 is 0.714 bits per heavy atom. The Bertz CT molecular complexity index is 220. The lowest BCUT2D eigenvalue weighted by molar-refractivity contribution is -0.143. The molecule has 0 aliphatic carbocycles. The van der Waals surface area contributed by atoms with E-state index in [1.807, 2.05) is 0 Å². The number of aliphatic carboxylic acids is 2. The van der Waals surface area contributed by atoms with Crippen molar-refractivity contribution >= 4 is 24.6 Å². The van der Waals surface area contributed by atoms with Crippen molar-refractivity contribution in [3.63, 3.8) is 0 Å². The van der Waals surface area contributed by atoms with Gasteiger partial charge < -0.3 is 10.2 Å². The van der Waals surface area contributed by atoms with Crippen molar-refractivity contribution in [1.29, 1.82) is 0 Å². The standard InChI is InChI=1S/C12H26S.C4H6O4/c1-2-3-4-5-6-7-8-9-10-11-12-13;5-3(6)1-2-4(7)8/h13H,2-12H2,1H3;1-2H2,(H,5,6)(H,7,8). The van der Waals surface area contributed by atoms with Crippen molar-refractivity contribution in [2.24, 2.45) is 0 Å². The highest BCUT2D eigenvalue weighted by molar-refractivity contribution is 7.80. The molecule has 0 unspecified atom stereocenters. The topological polar surface area (TPSA) is 74.6 Å². The molecule has 0 rings (SSSR count). The highest BCUT2D eigenvalue weighted by Gasteiger charge is 2.00. The Morgan fingerprint density at radius 2 is 1.05 bits per heavy atom. The molecule has 0 fully saturated rings. The van der Waals surface area contributed by atoms with Crippen LogP contribution in [-0.2, 0) is 9.59 Å². The molecule has 0 bridgehead atoms. The number of carboxylic acids is 2. The van der Waals surface area contributed by atoms with Gasteiger partial charge in [0.2, 0.25) is 0 Å². The molecule has 21 heavy (non-hydrogen) atoms. The molecule has 0 aromatic carbocycles. The fourth-order valence-corrected chi connectivity index (χ4v) is 2.04. The van der Waals surface area contributed by atoms with Gasteiger partial charge >= 0.3 is 11.9 Å². The minimum absolute atomic E-state index is 0.296. The Hall–Kier alpha value is -0.710. The highest BCUT2D eigenvalue weighted by Crippen LogP contribution is 2.10. The van der Waals surface area contributed by atoms with E-state index in [4.69, 9.17) is 10.2 Å². The van der Waals surface area contributed by atoms with Gasteiger partial charge in [-0.15, -0.1) is 0 Å². The number of carbonyl (C=O) groups is 2. The van der Waals surface area contributed by atoms with Gasteiger partial charge in [-0.25, -0.2) is 0 Å². The van der Waals surface area contributed by atoms with E-state index >= 15 is 0 Å². The van der Waals surface area contributed by atoms with Gasteiger partial charge in [-0.1, -0.05) is 64.7 Å². The van der Waals surface area contributed by atoms with Gasteiger partial charge in [-0.2, -0.15) is 12.6 Å². The molecule has 0 spiro atoms. The maximum atomic E-state index is 9.64. The third-order valence-electron chi connectivity index (χ3n) is 3.06. The zero-order valence-corrected chi connectivity index (χ0v) is 14.2. The third-order valence-corrected chi connectivity index (χ3v) is 3.38. The lowest BCUT2D eigenvalue weighted by atomic mass is 10.1. The second-order valence-corrected chi connectivity index (χ2v) is 5.64. The third kappa shape index (κ3) is 28.2. The minimum Gasteiger partial charge on any atom is -0.481 e. The fourth-order valence-electron chi connectivity index (χ4n) is 1.81. The van der Waals surface area contributed by atoms with Crippen molar-refractivity contribution in [2.75, 3.05) is 5.75 Å². The van der Waals surface area contributed by atoms with E-state index in [-0.39, 0.29) is 12.8 Å². The van der Waals surface area contributed by atoms with Crippen LogP contribution in [0.25, 0.3) is 0 Å². The number of hydrogen-bond donors (Lipinski definition) is 3. The summed E-state index contributed by atoms with van der Waals surface area (Å²) in [7, 11) is 0. The monoisotopic (exact) mass is 320 g/mol. The van der Waals surface area contributed by atoms with Gasteiger partial charge in [0.25, 0.3) is 0 Å². The Kier molecular flexibility index (Phi) is 20.7. The number of hydrogen-bond acceptors (Lipinski definition) is 3. The predicted molar refractivity (Wildman–Crippen MR) is 90.2 cm³/mol. The molecular weight excluding hydrogens is 288 g/mol. The van der Waals surface area contributed by atoms with Crippen molar-refractivity contribution in [3.8, 4) is 0 Å². The first-order valence-electron chi connectivity index (χ1n) is 8.09. The summed E-state index contributed by atoms with van der Waals surface area (Å²) in [4.78, 5) is 19.3. The summed E-state index contributed by atoms with van der Waals surface area (Å²) >= 11 is 4.20. The van der Waals surface area contributed by atoms with Crippen LogP contribution in [-0.4, -0.2) is 27.9 Å². The van der Waals surface area contributed by atoms with E-state index in [2.05, 4.69) is 19.6 Å². The van der Waals surface area contributed by atoms with Gasteiger partial charge in [-0.3, -0.25) is 9.59 Å². The van der Waals surface area contributed by atoms with Gasteiger partial charge in [0.1, 0.15) is 0 Å². The van der Waals surface area contributed by atoms with Gasteiger partial charge in [0, 0.05) is 0 Å². The van der Waals surface area contributed by atoms with Crippen LogP contribution in [0.1, 0.15) is 84.0 Å². The van der Waals surface area contributed by atoms with Gasteiger partial charge in [0.05, 0.1) is 12.8 Å². The van der Waals surface area contributed by atoms with E-state index in [1.54, 1.807) is 0 Å². The molecule has 5 heteroatoms. The van der Waals surface area contributed by atoms with Crippen LogP contribution in [0, 0.1) is 0 Å². The Balaban J connectivity index is 0. The molecule has 0 amide bonds. The quantitative estimate of drug-likeness (QED) is 0.337. The normalized spacial score (nSPS) is 9.81. The van der Waals surface area contributed by atoms with Crippen molar-refractivity contribution in [1.82, 2.24) is 0 Å². The summed E-state index contributed by atoms with van der Waals surface area (Å²) in [6.45, 7) is 2.28.